The molecule has 1 unspecified atom stereocenters. The van der Waals surface area contributed by atoms with Gasteiger partial charge in [0.25, 0.3) is 0 Å². The number of nitriles is 2. The molecule has 1 aromatic carbocycles. The monoisotopic (exact) mass is 231 g/mol. The standard InChI is InChI=1S/C13H14FN3/c1-3-17(4-2)13(9-16)10-5-6-12(14)11(7-10)8-15/h5-7,13H,3-4H2,1-2H3. The number of hydrogen-bond donors (Lipinski definition) is 0. The van der Waals surface area contributed by atoms with E-state index in [2.05, 4.69) is 6.07 Å². The highest BCUT2D eigenvalue weighted by molar-refractivity contribution is 5.37. The molecule has 17 heavy (non-hydrogen) atoms. The summed E-state index contributed by atoms with van der Waals surface area (Å²) >= 11 is 0. The second kappa shape index (κ2) is 5.98. The molecule has 0 radical (unpaired) electrons. The molecule has 0 amide bonds. The van der Waals surface area contributed by atoms with Gasteiger partial charge in [-0.3, -0.25) is 4.90 Å². The van der Waals surface area contributed by atoms with Crippen molar-refractivity contribution in [3.05, 3.63) is 35.1 Å². The maximum atomic E-state index is 13.2. The zero-order chi connectivity index (χ0) is 12.8. The van der Waals surface area contributed by atoms with Gasteiger partial charge in [-0.05, 0) is 30.8 Å². The van der Waals surface area contributed by atoms with E-state index in [4.69, 9.17) is 5.26 Å². The number of rotatable bonds is 4. The molecule has 0 saturated heterocycles. The molecular formula is C13H14FN3. The molecule has 0 spiro atoms. The van der Waals surface area contributed by atoms with Gasteiger partial charge in [-0.25, -0.2) is 4.39 Å². The van der Waals surface area contributed by atoms with Gasteiger partial charge in [-0.1, -0.05) is 19.9 Å². The summed E-state index contributed by atoms with van der Waals surface area (Å²) in [4.78, 5) is 1.95. The lowest BCUT2D eigenvalue weighted by Crippen LogP contribution is -2.27. The summed E-state index contributed by atoms with van der Waals surface area (Å²) in [6, 6.07) is 7.78. The van der Waals surface area contributed by atoms with Gasteiger partial charge in [0.15, 0.2) is 0 Å². The smallest absolute Gasteiger partial charge is 0.140 e. The second-order valence-corrected chi connectivity index (χ2v) is 3.60. The van der Waals surface area contributed by atoms with Crippen LogP contribution in [-0.2, 0) is 0 Å². The van der Waals surface area contributed by atoms with Gasteiger partial charge in [-0.15, -0.1) is 0 Å². The molecule has 0 aliphatic carbocycles. The van der Waals surface area contributed by atoms with E-state index in [0.717, 1.165) is 13.1 Å². The molecule has 1 rings (SSSR count). The van der Waals surface area contributed by atoms with Crippen molar-refractivity contribution in [2.45, 2.75) is 19.9 Å². The average molecular weight is 231 g/mol. The Morgan fingerprint density at radius 2 is 1.94 bits per heavy atom. The number of hydrogen-bond acceptors (Lipinski definition) is 3. The molecule has 0 aliphatic rings. The molecular weight excluding hydrogens is 217 g/mol. The van der Waals surface area contributed by atoms with Crippen LogP contribution in [0.1, 0.15) is 31.0 Å². The van der Waals surface area contributed by atoms with E-state index in [1.165, 1.54) is 12.1 Å². The second-order valence-electron chi connectivity index (χ2n) is 3.60. The van der Waals surface area contributed by atoms with Gasteiger partial charge >= 0.3 is 0 Å². The van der Waals surface area contributed by atoms with Gasteiger partial charge < -0.3 is 0 Å². The highest BCUT2D eigenvalue weighted by Gasteiger charge is 2.18. The minimum atomic E-state index is -0.549. The minimum Gasteiger partial charge on any atom is -0.285 e. The van der Waals surface area contributed by atoms with Crippen LogP contribution in [0, 0.1) is 28.5 Å². The average Bonchev–Trinajstić information content (AvgIpc) is 2.36. The fourth-order valence-corrected chi connectivity index (χ4v) is 1.75. The van der Waals surface area contributed by atoms with E-state index < -0.39 is 11.9 Å². The lowest BCUT2D eigenvalue weighted by atomic mass is 10.0. The van der Waals surface area contributed by atoms with Crippen molar-refractivity contribution in [3.63, 3.8) is 0 Å². The van der Waals surface area contributed by atoms with Gasteiger partial charge in [0.05, 0.1) is 11.6 Å². The summed E-state index contributed by atoms with van der Waals surface area (Å²) in [5.74, 6) is -0.549. The fraction of sp³-hybridized carbons (Fsp3) is 0.385. The largest absolute Gasteiger partial charge is 0.285 e. The van der Waals surface area contributed by atoms with Crippen LogP contribution in [0.5, 0.6) is 0 Å². The minimum absolute atomic E-state index is 0.0186. The molecule has 88 valence electrons. The van der Waals surface area contributed by atoms with Crippen molar-refractivity contribution >= 4 is 0 Å². The number of halogens is 1. The Morgan fingerprint density at radius 3 is 2.41 bits per heavy atom. The van der Waals surface area contributed by atoms with Crippen LogP contribution in [0.3, 0.4) is 0 Å². The molecule has 1 aromatic rings. The van der Waals surface area contributed by atoms with Crippen molar-refractivity contribution in [2.75, 3.05) is 13.1 Å². The SMILES string of the molecule is CCN(CC)C(C#N)c1ccc(F)c(C#N)c1. The van der Waals surface area contributed by atoms with E-state index in [0.29, 0.717) is 5.56 Å². The molecule has 0 heterocycles. The zero-order valence-electron chi connectivity index (χ0n) is 9.94. The fourth-order valence-electron chi connectivity index (χ4n) is 1.75. The van der Waals surface area contributed by atoms with Gasteiger partial charge in [0, 0.05) is 0 Å². The van der Waals surface area contributed by atoms with Gasteiger partial charge in [-0.2, -0.15) is 10.5 Å². The molecule has 0 aliphatic heterocycles. The quantitative estimate of drug-likeness (QED) is 0.800. The summed E-state index contributed by atoms with van der Waals surface area (Å²) in [6.45, 7) is 5.38. The Bertz CT molecular complexity index is 467. The summed E-state index contributed by atoms with van der Waals surface area (Å²) in [5.41, 5.74) is 0.643. The Balaban J connectivity index is 3.14. The molecule has 3 nitrogen and oxygen atoms in total. The summed E-state index contributed by atoms with van der Waals surface area (Å²) in [5, 5.41) is 17.9. The predicted molar refractivity (Wildman–Crippen MR) is 62.4 cm³/mol. The topological polar surface area (TPSA) is 50.8 Å². The summed E-state index contributed by atoms with van der Waals surface area (Å²) in [7, 11) is 0. The third-order valence-electron chi connectivity index (χ3n) is 2.73. The van der Waals surface area contributed by atoms with E-state index in [1.54, 1.807) is 12.1 Å². The molecule has 0 bridgehead atoms. The van der Waals surface area contributed by atoms with Crippen LogP contribution >= 0.6 is 0 Å². The predicted octanol–water partition coefficient (Wildman–Crippen LogP) is 2.60. The van der Waals surface area contributed by atoms with Crippen molar-refractivity contribution < 1.29 is 4.39 Å². The molecule has 0 aromatic heterocycles. The van der Waals surface area contributed by atoms with E-state index in [9.17, 15) is 9.65 Å². The number of benzene rings is 1. The van der Waals surface area contributed by atoms with Crippen LogP contribution in [0.25, 0.3) is 0 Å². The molecule has 0 fully saturated rings. The highest BCUT2D eigenvalue weighted by Crippen LogP contribution is 2.21. The maximum absolute atomic E-state index is 13.2. The molecule has 0 saturated carbocycles. The van der Waals surface area contributed by atoms with E-state index >= 15 is 0 Å². The molecule has 1 atom stereocenters. The van der Waals surface area contributed by atoms with E-state index in [1.807, 2.05) is 18.7 Å². The van der Waals surface area contributed by atoms with Crippen molar-refractivity contribution in [1.29, 1.82) is 10.5 Å². The summed E-state index contributed by atoms with van der Waals surface area (Å²) < 4.78 is 13.2. The highest BCUT2D eigenvalue weighted by atomic mass is 19.1. The normalized spacial score (nSPS) is 11.9. The van der Waals surface area contributed by atoms with Crippen LogP contribution in [0.2, 0.25) is 0 Å². The van der Waals surface area contributed by atoms with Gasteiger partial charge in [0.1, 0.15) is 17.9 Å². The van der Waals surface area contributed by atoms with Crippen LogP contribution in [-0.4, -0.2) is 18.0 Å². The first-order valence-corrected chi connectivity index (χ1v) is 5.51. The third kappa shape index (κ3) is 2.81. The Hall–Kier alpha value is -1.91. The van der Waals surface area contributed by atoms with Crippen molar-refractivity contribution in [2.24, 2.45) is 0 Å². The molecule has 4 heteroatoms. The molecule has 0 N–H and O–H groups in total. The first kappa shape index (κ1) is 13.2. The van der Waals surface area contributed by atoms with Crippen LogP contribution in [0.4, 0.5) is 4.39 Å². The lowest BCUT2D eigenvalue weighted by Gasteiger charge is -2.24. The van der Waals surface area contributed by atoms with E-state index in [-0.39, 0.29) is 5.56 Å². The van der Waals surface area contributed by atoms with Crippen LogP contribution in [0.15, 0.2) is 18.2 Å². The number of nitrogens with zero attached hydrogens (tertiary/aromatic N) is 3. The van der Waals surface area contributed by atoms with Crippen LogP contribution < -0.4 is 0 Å². The lowest BCUT2D eigenvalue weighted by molar-refractivity contribution is 0.262. The van der Waals surface area contributed by atoms with Crippen molar-refractivity contribution in [3.8, 4) is 12.1 Å². The first-order chi connectivity index (χ1) is 8.17. The zero-order valence-corrected chi connectivity index (χ0v) is 9.94. The Morgan fingerprint density at radius 1 is 1.29 bits per heavy atom. The first-order valence-electron chi connectivity index (χ1n) is 5.51. The summed E-state index contributed by atoms with van der Waals surface area (Å²) in [6.07, 6.45) is 0. The Kier molecular flexibility index (Phi) is 4.63. The maximum Gasteiger partial charge on any atom is 0.140 e. The van der Waals surface area contributed by atoms with Gasteiger partial charge in [0.2, 0.25) is 0 Å². The Labute approximate surface area is 101 Å². The third-order valence-corrected chi connectivity index (χ3v) is 2.73. The van der Waals surface area contributed by atoms with Crippen molar-refractivity contribution in [1.82, 2.24) is 4.90 Å².